The second-order valence-electron chi connectivity index (χ2n) is 3.52. The van der Waals surface area contributed by atoms with E-state index in [9.17, 15) is 4.79 Å². The Labute approximate surface area is 93.4 Å². The highest BCUT2D eigenvalue weighted by Crippen LogP contribution is 2.11. The Morgan fingerprint density at radius 2 is 2.44 bits per heavy atom. The molecule has 0 unspecified atom stereocenters. The van der Waals surface area contributed by atoms with Crippen LogP contribution in [-0.2, 0) is 11.2 Å². The van der Waals surface area contributed by atoms with Crippen LogP contribution in [0.5, 0.6) is 0 Å². The Morgan fingerprint density at radius 3 is 3.25 bits per heavy atom. The van der Waals surface area contributed by atoms with Gasteiger partial charge in [-0.3, -0.25) is 4.79 Å². The van der Waals surface area contributed by atoms with E-state index in [0.717, 1.165) is 16.6 Å². The molecular weight excluding hydrogens is 202 g/mol. The van der Waals surface area contributed by atoms with E-state index in [1.807, 2.05) is 18.2 Å². The third kappa shape index (κ3) is 2.28. The minimum Gasteiger partial charge on any atom is -0.352 e. The summed E-state index contributed by atoms with van der Waals surface area (Å²) in [5.74, 6) is -0.00114. The van der Waals surface area contributed by atoms with E-state index < -0.39 is 0 Å². The van der Waals surface area contributed by atoms with E-state index in [-0.39, 0.29) is 5.91 Å². The minimum atomic E-state index is -0.00114. The lowest BCUT2D eigenvalue weighted by Gasteiger charge is -2.02. The number of nitrogens with one attached hydrogen (secondary N) is 2. The highest BCUT2D eigenvalue weighted by molar-refractivity contribution is 5.81. The smallest absolute Gasteiger partial charge is 0.224 e. The van der Waals surface area contributed by atoms with Gasteiger partial charge >= 0.3 is 0 Å². The molecule has 0 aliphatic rings. The monoisotopic (exact) mass is 215 g/mol. The van der Waals surface area contributed by atoms with Crippen molar-refractivity contribution < 1.29 is 4.79 Å². The summed E-state index contributed by atoms with van der Waals surface area (Å²) in [6.45, 7) is 4.05. The molecule has 16 heavy (non-hydrogen) atoms. The van der Waals surface area contributed by atoms with Gasteiger partial charge in [-0.05, 0) is 17.7 Å². The van der Waals surface area contributed by atoms with Crippen molar-refractivity contribution in [2.24, 2.45) is 0 Å². The summed E-state index contributed by atoms with van der Waals surface area (Å²) in [5, 5.41) is 2.74. The first-order valence-corrected chi connectivity index (χ1v) is 5.09. The van der Waals surface area contributed by atoms with Crippen LogP contribution in [-0.4, -0.2) is 22.4 Å². The van der Waals surface area contributed by atoms with Crippen LogP contribution in [0.4, 0.5) is 0 Å². The van der Waals surface area contributed by atoms with E-state index in [1.54, 1.807) is 12.4 Å². The molecule has 1 aromatic carbocycles. The molecule has 0 bridgehead atoms. The Hall–Kier alpha value is -2.10. The Morgan fingerprint density at radius 1 is 1.56 bits per heavy atom. The van der Waals surface area contributed by atoms with Gasteiger partial charge in [0, 0.05) is 6.54 Å². The summed E-state index contributed by atoms with van der Waals surface area (Å²) in [7, 11) is 0. The second-order valence-corrected chi connectivity index (χ2v) is 3.52. The van der Waals surface area contributed by atoms with Crippen molar-refractivity contribution in [3.63, 3.8) is 0 Å². The molecule has 2 N–H and O–H groups in total. The maximum absolute atomic E-state index is 11.5. The molecule has 0 aliphatic carbocycles. The number of imidazole rings is 1. The molecule has 4 heteroatoms. The summed E-state index contributed by atoms with van der Waals surface area (Å²) in [6, 6.07) is 5.76. The Kier molecular flexibility index (Phi) is 3.00. The molecule has 0 aliphatic heterocycles. The number of aromatic amines is 1. The fourth-order valence-corrected chi connectivity index (χ4v) is 1.53. The van der Waals surface area contributed by atoms with E-state index in [0.29, 0.717) is 13.0 Å². The number of fused-ring (bicyclic) bond motifs is 1. The zero-order valence-corrected chi connectivity index (χ0v) is 8.86. The van der Waals surface area contributed by atoms with Crippen molar-refractivity contribution >= 4 is 16.9 Å². The molecule has 0 radical (unpaired) electrons. The van der Waals surface area contributed by atoms with Crippen LogP contribution in [0.15, 0.2) is 37.2 Å². The molecule has 1 heterocycles. The maximum atomic E-state index is 11.5. The van der Waals surface area contributed by atoms with Gasteiger partial charge in [-0.25, -0.2) is 4.98 Å². The van der Waals surface area contributed by atoms with Gasteiger partial charge in [0.2, 0.25) is 5.91 Å². The second kappa shape index (κ2) is 4.61. The normalized spacial score (nSPS) is 10.2. The first-order valence-electron chi connectivity index (χ1n) is 5.09. The number of aromatic nitrogens is 2. The van der Waals surface area contributed by atoms with Crippen LogP contribution < -0.4 is 5.32 Å². The summed E-state index contributed by atoms with van der Waals surface area (Å²) in [5.41, 5.74) is 2.84. The quantitative estimate of drug-likeness (QED) is 0.757. The van der Waals surface area contributed by atoms with Crippen molar-refractivity contribution in [2.45, 2.75) is 6.42 Å². The van der Waals surface area contributed by atoms with Crippen LogP contribution in [0.25, 0.3) is 11.0 Å². The van der Waals surface area contributed by atoms with E-state index >= 15 is 0 Å². The van der Waals surface area contributed by atoms with Crippen LogP contribution in [0.2, 0.25) is 0 Å². The van der Waals surface area contributed by atoms with Crippen molar-refractivity contribution in [3.05, 3.63) is 42.7 Å². The fourth-order valence-electron chi connectivity index (χ4n) is 1.53. The molecule has 1 amide bonds. The standard InChI is InChI=1S/C12H13N3O/c1-2-5-13-12(16)7-9-3-4-10-11(6-9)15-8-14-10/h2-4,6,8H,1,5,7H2,(H,13,16)(H,14,15). The van der Waals surface area contributed by atoms with Crippen LogP contribution in [0.3, 0.4) is 0 Å². The Bertz CT molecular complexity index is 516. The largest absolute Gasteiger partial charge is 0.352 e. The number of H-pyrrole nitrogens is 1. The summed E-state index contributed by atoms with van der Waals surface area (Å²) >= 11 is 0. The van der Waals surface area contributed by atoms with Gasteiger partial charge in [0.05, 0.1) is 23.8 Å². The number of rotatable bonds is 4. The number of carbonyl (C=O) groups is 1. The molecule has 1 aromatic heterocycles. The topological polar surface area (TPSA) is 57.8 Å². The highest BCUT2D eigenvalue weighted by Gasteiger charge is 2.03. The summed E-state index contributed by atoms with van der Waals surface area (Å²) in [4.78, 5) is 18.6. The van der Waals surface area contributed by atoms with Crippen molar-refractivity contribution in [1.29, 1.82) is 0 Å². The van der Waals surface area contributed by atoms with Crippen LogP contribution in [0, 0.1) is 0 Å². The molecule has 2 rings (SSSR count). The number of nitrogens with zero attached hydrogens (tertiary/aromatic N) is 1. The molecule has 0 atom stereocenters. The van der Waals surface area contributed by atoms with Crippen molar-refractivity contribution in [3.8, 4) is 0 Å². The Balaban J connectivity index is 2.08. The zero-order chi connectivity index (χ0) is 11.4. The molecule has 0 saturated heterocycles. The van der Waals surface area contributed by atoms with E-state index in [2.05, 4.69) is 21.9 Å². The fraction of sp³-hybridized carbons (Fsp3) is 0.167. The number of carbonyl (C=O) groups excluding carboxylic acids is 1. The molecule has 0 saturated carbocycles. The number of amides is 1. The van der Waals surface area contributed by atoms with Gasteiger partial charge < -0.3 is 10.3 Å². The number of hydrogen-bond donors (Lipinski definition) is 2. The summed E-state index contributed by atoms with van der Waals surface area (Å²) < 4.78 is 0. The minimum absolute atomic E-state index is 0.00114. The lowest BCUT2D eigenvalue weighted by Crippen LogP contribution is -2.24. The van der Waals surface area contributed by atoms with Gasteiger partial charge in [0.1, 0.15) is 0 Å². The van der Waals surface area contributed by atoms with Crippen molar-refractivity contribution in [2.75, 3.05) is 6.54 Å². The van der Waals surface area contributed by atoms with Gasteiger partial charge in [-0.1, -0.05) is 12.1 Å². The van der Waals surface area contributed by atoms with Gasteiger partial charge in [-0.2, -0.15) is 0 Å². The maximum Gasteiger partial charge on any atom is 0.224 e. The average Bonchev–Trinajstić information content (AvgIpc) is 2.73. The highest BCUT2D eigenvalue weighted by atomic mass is 16.1. The molecule has 0 fully saturated rings. The SMILES string of the molecule is C=CCNC(=O)Cc1ccc2nc[nH]c2c1. The third-order valence-corrected chi connectivity index (χ3v) is 2.29. The predicted molar refractivity (Wildman–Crippen MR) is 63.0 cm³/mol. The zero-order valence-electron chi connectivity index (χ0n) is 8.86. The van der Waals surface area contributed by atoms with E-state index in [1.165, 1.54) is 0 Å². The molecule has 4 nitrogen and oxygen atoms in total. The van der Waals surface area contributed by atoms with Crippen molar-refractivity contribution in [1.82, 2.24) is 15.3 Å². The molecule has 82 valence electrons. The van der Waals surface area contributed by atoms with Crippen LogP contribution >= 0.6 is 0 Å². The third-order valence-electron chi connectivity index (χ3n) is 2.29. The first kappa shape index (κ1) is 10.4. The lowest BCUT2D eigenvalue weighted by atomic mass is 10.1. The number of hydrogen-bond acceptors (Lipinski definition) is 2. The summed E-state index contributed by atoms with van der Waals surface area (Å²) in [6.07, 6.45) is 3.69. The van der Waals surface area contributed by atoms with E-state index in [4.69, 9.17) is 0 Å². The first-order chi connectivity index (χ1) is 7.79. The van der Waals surface area contributed by atoms with Gasteiger partial charge in [-0.15, -0.1) is 6.58 Å². The number of benzene rings is 1. The molecular formula is C12H13N3O. The average molecular weight is 215 g/mol. The molecule has 0 spiro atoms. The lowest BCUT2D eigenvalue weighted by molar-refractivity contribution is -0.120. The van der Waals surface area contributed by atoms with Gasteiger partial charge in [0.25, 0.3) is 0 Å². The predicted octanol–water partition coefficient (Wildman–Crippen LogP) is 1.41. The van der Waals surface area contributed by atoms with Crippen LogP contribution in [0.1, 0.15) is 5.56 Å². The molecule has 2 aromatic rings. The van der Waals surface area contributed by atoms with Gasteiger partial charge in [0.15, 0.2) is 0 Å².